The molecule has 0 amide bonds. The highest BCUT2D eigenvalue weighted by Crippen LogP contribution is 2.28. The number of hydrogen-bond acceptors (Lipinski definition) is 0. The number of hydrogen-bond donors (Lipinski definition) is 0. The van der Waals surface area contributed by atoms with Crippen molar-refractivity contribution in [2.24, 2.45) is 17.8 Å². The molecule has 0 radical (unpaired) electrons. The van der Waals surface area contributed by atoms with E-state index in [-0.39, 0.29) is 0 Å². The second kappa shape index (κ2) is 10.2. The van der Waals surface area contributed by atoms with Gasteiger partial charge in [0.25, 0.3) is 0 Å². The van der Waals surface area contributed by atoms with E-state index in [1.807, 2.05) is 6.08 Å². The fourth-order valence-electron chi connectivity index (χ4n) is 2.26. The van der Waals surface area contributed by atoms with E-state index in [2.05, 4.69) is 53.0 Å². The summed E-state index contributed by atoms with van der Waals surface area (Å²) in [4.78, 5) is 0. The van der Waals surface area contributed by atoms with E-state index in [1.165, 1.54) is 25.7 Å². The van der Waals surface area contributed by atoms with Gasteiger partial charge in [-0.1, -0.05) is 64.3 Å². The highest BCUT2D eigenvalue weighted by atomic mass is 14.2. The molecule has 0 aromatic rings. The van der Waals surface area contributed by atoms with Crippen molar-refractivity contribution >= 4 is 0 Å². The molecule has 3 unspecified atom stereocenters. The van der Waals surface area contributed by atoms with Crippen molar-refractivity contribution in [2.45, 2.75) is 59.8 Å². The molecule has 0 aliphatic carbocycles. The molecule has 18 heavy (non-hydrogen) atoms. The molecule has 0 N–H and O–H groups in total. The van der Waals surface area contributed by atoms with Gasteiger partial charge in [0.05, 0.1) is 0 Å². The van der Waals surface area contributed by atoms with E-state index in [4.69, 9.17) is 0 Å². The molecule has 0 aliphatic rings. The van der Waals surface area contributed by atoms with Crippen molar-refractivity contribution in [3.05, 3.63) is 37.0 Å². The minimum atomic E-state index is 0.564. The molecule has 0 aromatic carbocycles. The molecule has 0 fully saturated rings. The molecule has 0 saturated carbocycles. The summed E-state index contributed by atoms with van der Waals surface area (Å²) in [6, 6.07) is 0. The van der Waals surface area contributed by atoms with E-state index in [1.54, 1.807) is 5.57 Å². The van der Waals surface area contributed by atoms with Crippen LogP contribution in [0.25, 0.3) is 0 Å². The maximum atomic E-state index is 3.93. The molecule has 0 saturated heterocycles. The Labute approximate surface area is 115 Å². The Hall–Kier alpha value is -0.780. The fraction of sp³-hybridized carbons (Fsp3) is 0.667. The van der Waals surface area contributed by atoms with Gasteiger partial charge in [0.15, 0.2) is 0 Å². The molecule has 0 heteroatoms. The third-order valence-corrected chi connectivity index (χ3v) is 3.86. The molecule has 0 heterocycles. The smallest absolute Gasteiger partial charge is 0.0171 e. The summed E-state index contributed by atoms with van der Waals surface area (Å²) in [6.45, 7) is 17.0. The van der Waals surface area contributed by atoms with Gasteiger partial charge in [-0.25, -0.2) is 0 Å². The third kappa shape index (κ3) is 6.83. The fourth-order valence-corrected chi connectivity index (χ4v) is 2.26. The van der Waals surface area contributed by atoms with Gasteiger partial charge in [-0.15, -0.1) is 13.2 Å². The van der Waals surface area contributed by atoms with Gasteiger partial charge in [-0.05, 0) is 37.0 Å². The highest BCUT2D eigenvalue weighted by Gasteiger charge is 2.15. The molecule has 0 rings (SSSR count). The van der Waals surface area contributed by atoms with Crippen LogP contribution in [-0.4, -0.2) is 0 Å². The van der Waals surface area contributed by atoms with Crippen LogP contribution in [0.5, 0.6) is 0 Å². The first kappa shape index (κ1) is 17.2. The first-order chi connectivity index (χ1) is 8.56. The highest BCUT2D eigenvalue weighted by molar-refractivity contribution is 5.10. The third-order valence-electron chi connectivity index (χ3n) is 3.86. The molecule has 0 aliphatic heterocycles. The number of unbranched alkanes of at least 4 members (excludes halogenated alkanes) is 2. The number of allylic oxidation sites excluding steroid dienone is 4. The van der Waals surface area contributed by atoms with Crippen molar-refractivity contribution in [1.29, 1.82) is 0 Å². The zero-order valence-electron chi connectivity index (χ0n) is 12.9. The Morgan fingerprint density at radius 3 is 2.33 bits per heavy atom. The van der Waals surface area contributed by atoms with E-state index in [0.29, 0.717) is 17.8 Å². The first-order valence-electron chi connectivity index (χ1n) is 7.49. The van der Waals surface area contributed by atoms with Crippen molar-refractivity contribution in [3.8, 4) is 0 Å². The lowest BCUT2D eigenvalue weighted by atomic mass is 9.82. The standard InChI is InChI=1S/C18H32/c1-7-10-11-13-18(14-15(4)12-8-2)17(6)16(5)9-3/h8-9,13,15-17H,2-3,7,10-12,14H2,1,4-6H3. The second-order valence-corrected chi connectivity index (χ2v) is 5.64. The minimum absolute atomic E-state index is 0.564. The van der Waals surface area contributed by atoms with E-state index < -0.39 is 0 Å². The van der Waals surface area contributed by atoms with E-state index in [0.717, 1.165) is 6.42 Å². The lowest BCUT2D eigenvalue weighted by molar-refractivity contribution is 0.470. The Morgan fingerprint density at radius 2 is 1.83 bits per heavy atom. The second-order valence-electron chi connectivity index (χ2n) is 5.64. The Kier molecular flexibility index (Phi) is 9.73. The Morgan fingerprint density at radius 1 is 1.17 bits per heavy atom. The van der Waals surface area contributed by atoms with Crippen LogP contribution in [0, 0.1) is 17.8 Å². The Balaban J connectivity index is 4.64. The van der Waals surface area contributed by atoms with Gasteiger partial charge in [-0.3, -0.25) is 0 Å². The summed E-state index contributed by atoms with van der Waals surface area (Å²) in [7, 11) is 0. The van der Waals surface area contributed by atoms with Crippen LogP contribution in [0.1, 0.15) is 59.8 Å². The van der Waals surface area contributed by atoms with Gasteiger partial charge in [0.2, 0.25) is 0 Å². The molecule has 0 aromatic heterocycles. The van der Waals surface area contributed by atoms with Crippen LogP contribution in [0.4, 0.5) is 0 Å². The largest absolute Gasteiger partial charge is 0.103 e. The predicted molar refractivity (Wildman–Crippen MR) is 84.7 cm³/mol. The quantitative estimate of drug-likeness (QED) is 0.320. The average Bonchev–Trinajstić information content (AvgIpc) is 2.36. The molecule has 0 nitrogen and oxygen atoms in total. The van der Waals surface area contributed by atoms with Crippen molar-refractivity contribution in [2.75, 3.05) is 0 Å². The van der Waals surface area contributed by atoms with Crippen LogP contribution in [0.15, 0.2) is 37.0 Å². The minimum Gasteiger partial charge on any atom is -0.103 e. The predicted octanol–water partition coefficient (Wildman–Crippen LogP) is 6.16. The van der Waals surface area contributed by atoms with E-state index in [9.17, 15) is 0 Å². The van der Waals surface area contributed by atoms with Gasteiger partial charge < -0.3 is 0 Å². The topological polar surface area (TPSA) is 0 Å². The van der Waals surface area contributed by atoms with Crippen LogP contribution in [-0.2, 0) is 0 Å². The summed E-state index contributed by atoms with van der Waals surface area (Å²) in [5, 5.41) is 0. The average molecular weight is 248 g/mol. The summed E-state index contributed by atoms with van der Waals surface area (Å²) < 4.78 is 0. The zero-order chi connectivity index (χ0) is 14.0. The summed E-state index contributed by atoms with van der Waals surface area (Å²) in [5.41, 5.74) is 1.62. The maximum Gasteiger partial charge on any atom is -0.0171 e. The molecule has 0 spiro atoms. The maximum absolute atomic E-state index is 3.93. The molecule has 0 bridgehead atoms. The summed E-state index contributed by atoms with van der Waals surface area (Å²) in [6.07, 6.45) is 12.7. The molecule has 104 valence electrons. The summed E-state index contributed by atoms with van der Waals surface area (Å²) in [5.74, 6) is 1.88. The number of rotatable bonds is 10. The first-order valence-corrected chi connectivity index (χ1v) is 7.49. The summed E-state index contributed by atoms with van der Waals surface area (Å²) >= 11 is 0. The van der Waals surface area contributed by atoms with Crippen LogP contribution < -0.4 is 0 Å². The lowest BCUT2D eigenvalue weighted by Crippen LogP contribution is -2.11. The van der Waals surface area contributed by atoms with Gasteiger partial charge in [0, 0.05) is 0 Å². The molecular weight excluding hydrogens is 216 g/mol. The molecule has 3 atom stereocenters. The van der Waals surface area contributed by atoms with Gasteiger partial charge in [0.1, 0.15) is 0 Å². The normalized spacial score (nSPS) is 17.0. The lowest BCUT2D eigenvalue weighted by Gasteiger charge is -2.23. The zero-order valence-corrected chi connectivity index (χ0v) is 12.9. The van der Waals surface area contributed by atoms with Crippen LogP contribution in [0.2, 0.25) is 0 Å². The monoisotopic (exact) mass is 248 g/mol. The van der Waals surface area contributed by atoms with Crippen molar-refractivity contribution < 1.29 is 0 Å². The van der Waals surface area contributed by atoms with Crippen molar-refractivity contribution in [1.82, 2.24) is 0 Å². The van der Waals surface area contributed by atoms with Crippen LogP contribution in [0.3, 0.4) is 0 Å². The van der Waals surface area contributed by atoms with Gasteiger partial charge in [-0.2, -0.15) is 0 Å². The van der Waals surface area contributed by atoms with E-state index >= 15 is 0 Å². The Bertz CT molecular complexity index is 259. The van der Waals surface area contributed by atoms with Crippen molar-refractivity contribution in [3.63, 3.8) is 0 Å². The molecular formula is C18H32. The van der Waals surface area contributed by atoms with Crippen LogP contribution >= 0.6 is 0 Å². The van der Waals surface area contributed by atoms with Gasteiger partial charge >= 0.3 is 0 Å². The SMILES string of the molecule is C=CCC(C)CC(=CCCCC)C(C)C(C)C=C.